The fourth-order valence-electron chi connectivity index (χ4n) is 3.71. The van der Waals surface area contributed by atoms with Crippen molar-refractivity contribution in [3.8, 4) is 22.8 Å². The van der Waals surface area contributed by atoms with E-state index in [1.54, 1.807) is 42.2 Å². The summed E-state index contributed by atoms with van der Waals surface area (Å²) in [6, 6.07) is 10.6. The molecule has 0 spiro atoms. The van der Waals surface area contributed by atoms with E-state index >= 15 is 0 Å². The van der Waals surface area contributed by atoms with Crippen LogP contribution in [-0.4, -0.2) is 54.2 Å². The first-order valence-corrected chi connectivity index (χ1v) is 10.1. The number of hydrogen-bond acceptors (Lipinski definition) is 8. The number of likely N-dealkylation sites (tertiary alicyclic amines) is 1. The lowest BCUT2D eigenvalue weighted by molar-refractivity contribution is -0.143. The highest BCUT2D eigenvalue weighted by Crippen LogP contribution is 2.35. The second kappa shape index (κ2) is 7.57. The number of aryl methyl sites for hydroxylation is 1. The number of oxazole rings is 1. The maximum Gasteiger partial charge on any atom is 0.258 e. The zero-order valence-corrected chi connectivity index (χ0v) is 17.6. The van der Waals surface area contributed by atoms with Crippen molar-refractivity contribution in [1.82, 2.24) is 29.6 Å². The van der Waals surface area contributed by atoms with Crippen LogP contribution in [0, 0.1) is 0 Å². The minimum absolute atomic E-state index is 0.309. The minimum atomic E-state index is -1.53. The quantitative estimate of drug-likeness (QED) is 0.494. The summed E-state index contributed by atoms with van der Waals surface area (Å²) in [6.07, 6.45) is 5.30. The van der Waals surface area contributed by atoms with Gasteiger partial charge in [0.2, 0.25) is 11.8 Å². The predicted molar refractivity (Wildman–Crippen MR) is 116 cm³/mol. The summed E-state index contributed by atoms with van der Waals surface area (Å²) in [5, 5.41) is 18.2. The zero-order chi connectivity index (χ0) is 22.3. The first-order valence-electron chi connectivity index (χ1n) is 10.1. The first-order chi connectivity index (χ1) is 15.4. The number of carbonyl (C=O) groups is 1. The van der Waals surface area contributed by atoms with E-state index in [0.717, 1.165) is 0 Å². The van der Waals surface area contributed by atoms with Crippen molar-refractivity contribution in [3.05, 3.63) is 60.6 Å². The second-order valence-electron chi connectivity index (χ2n) is 7.72. The van der Waals surface area contributed by atoms with E-state index in [1.807, 2.05) is 25.4 Å². The Balaban J connectivity index is 1.41. The van der Waals surface area contributed by atoms with Crippen molar-refractivity contribution in [2.75, 3.05) is 18.9 Å². The van der Waals surface area contributed by atoms with E-state index in [2.05, 4.69) is 25.4 Å². The van der Waals surface area contributed by atoms with Crippen molar-refractivity contribution < 1.29 is 14.3 Å². The topological polar surface area (TPSA) is 122 Å². The molecule has 0 saturated carbocycles. The van der Waals surface area contributed by atoms with Gasteiger partial charge in [-0.05, 0) is 23.8 Å². The van der Waals surface area contributed by atoms with E-state index in [9.17, 15) is 9.90 Å². The number of nitrogens with one attached hydrogen (secondary N) is 1. The average Bonchev–Trinajstić information content (AvgIpc) is 3.52. The number of amides is 1. The van der Waals surface area contributed by atoms with Gasteiger partial charge in [0.05, 0.1) is 5.69 Å². The summed E-state index contributed by atoms with van der Waals surface area (Å²) in [4.78, 5) is 27.2. The van der Waals surface area contributed by atoms with Crippen LogP contribution in [0.15, 0.2) is 59.5 Å². The van der Waals surface area contributed by atoms with Crippen molar-refractivity contribution >= 4 is 17.7 Å². The molecule has 3 aromatic heterocycles. The average molecular weight is 431 g/mol. The van der Waals surface area contributed by atoms with Gasteiger partial charge in [-0.1, -0.05) is 12.1 Å². The molecular weight excluding hydrogens is 410 g/mol. The number of rotatable bonds is 5. The summed E-state index contributed by atoms with van der Waals surface area (Å²) >= 11 is 0. The van der Waals surface area contributed by atoms with Gasteiger partial charge in [-0.15, -0.1) is 0 Å². The van der Waals surface area contributed by atoms with Gasteiger partial charge in [-0.25, -0.2) is 15.0 Å². The molecule has 10 heteroatoms. The maximum absolute atomic E-state index is 12.4. The van der Waals surface area contributed by atoms with E-state index in [4.69, 9.17) is 4.42 Å². The Morgan fingerprint density at radius 2 is 2.03 bits per heavy atom. The van der Waals surface area contributed by atoms with Gasteiger partial charge < -0.3 is 19.7 Å². The molecule has 162 valence electrons. The van der Waals surface area contributed by atoms with Crippen LogP contribution in [0.4, 0.5) is 11.8 Å². The molecule has 0 bridgehead atoms. The van der Waals surface area contributed by atoms with Gasteiger partial charge in [0.25, 0.3) is 5.91 Å². The summed E-state index contributed by atoms with van der Waals surface area (Å²) in [5.74, 6) is 1.07. The smallest absolute Gasteiger partial charge is 0.258 e. The summed E-state index contributed by atoms with van der Waals surface area (Å²) < 4.78 is 7.36. The van der Waals surface area contributed by atoms with Crippen LogP contribution in [0.1, 0.15) is 12.0 Å². The highest BCUT2D eigenvalue weighted by Gasteiger charge is 2.45. The van der Waals surface area contributed by atoms with Crippen LogP contribution in [0.2, 0.25) is 0 Å². The van der Waals surface area contributed by atoms with Crippen LogP contribution < -0.4 is 5.32 Å². The fourth-order valence-corrected chi connectivity index (χ4v) is 3.71. The number of carbonyl (C=O) groups excluding carboxylic acids is 1. The van der Waals surface area contributed by atoms with Crippen LogP contribution in [0.3, 0.4) is 0 Å². The van der Waals surface area contributed by atoms with Gasteiger partial charge in [0, 0.05) is 51.1 Å². The summed E-state index contributed by atoms with van der Waals surface area (Å²) in [6.45, 7) is 0.505. The Morgan fingerprint density at radius 1 is 1.16 bits per heavy atom. The number of aliphatic hydroxyl groups is 1. The van der Waals surface area contributed by atoms with Gasteiger partial charge in [0.15, 0.2) is 11.4 Å². The Bertz CT molecular complexity index is 1300. The van der Waals surface area contributed by atoms with Gasteiger partial charge in [-0.3, -0.25) is 9.48 Å². The molecule has 0 aliphatic carbocycles. The third-order valence-corrected chi connectivity index (χ3v) is 5.47. The first kappa shape index (κ1) is 19.9. The number of nitrogens with zero attached hydrogens (tertiary/aromatic N) is 6. The summed E-state index contributed by atoms with van der Waals surface area (Å²) in [5.41, 5.74) is 0.764. The Morgan fingerprint density at radius 3 is 2.78 bits per heavy atom. The highest BCUT2D eigenvalue weighted by atomic mass is 16.3. The molecule has 1 fully saturated rings. The van der Waals surface area contributed by atoms with Gasteiger partial charge in [-0.2, -0.15) is 5.10 Å². The lowest BCUT2D eigenvalue weighted by Crippen LogP contribution is -2.36. The summed E-state index contributed by atoms with van der Waals surface area (Å²) in [7, 11) is 3.51. The molecule has 1 aromatic carbocycles. The third-order valence-electron chi connectivity index (χ3n) is 5.47. The Labute approximate surface area is 183 Å². The SMILES string of the molecule is CN1CCC(O)(c2cccc(-c3nc(-c4ccnc(Nc5ccn(C)n5)n4)co3)c2)C1=O. The monoisotopic (exact) mass is 431 g/mol. The molecule has 10 nitrogen and oxygen atoms in total. The molecule has 2 N–H and O–H groups in total. The van der Waals surface area contributed by atoms with Gasteiger partial charge >= 0.3 is 0 Å². The number of benzene rings is 1. The number of hydrogen-bond donors (Lipinski definition) is 2. The Kier molecular flexibility index (Phi) is 4.71. The molecular formula is C22H21N7O3. The number of likely N-dealkylation sites (N-methyl/N-ethyl adjacent to an activating group) is 1. The molecule has 0 radical (unpaired) electrons. The molecule has 4 heterocycles. The number of aromatic nitrogens is 5. The highest BCUT2D eigenvalue weighted by molar-refractivity contribution is 5.88. The minimum Gasteiger partial charge on any atom is -0.444 e. The molecule has 32 heavy (non-hydrogen) atoms. The van der Waals surface area contributed by atoms with Gasteiger partial charge in [0.1, 0.15) is 12.0 Å². The number of anilines is 2. The van der Waals surface area contributed by atoms with Crippen LogP contribution >= 0.6 is 0 Å². The molecule has 5 rings (SSSR count). The lowest BCUT2D eigenvalue weighted by atomic mass is 9.91. The van der Waals surface area contributed by atoms with E-state index in [0.29, 0.717) is 53.1 Å². The van der Waals surface area contributed by atoms with Crippen molar-refractivity contribution in [2.45, 2.75) is 12.0 Å². The van der Waals surface area contributed by atoms with Crippen molar-refractivity contribution in [1.29, 1.82) is 0 Å². The van der Waals surface area contributed by atoms with Crippen LogP contribution in [0.5, 0.6) is 0 Å². The molecule has 1 unspecified atom stereocenters. The zero-order valence-electron chi connectivity index (χ0n) is 17.6. The van der Waals surface area contributed by atoms with Crippen molar-refractivity contribution in [2.24, 2.45) is 7.05 Å². The lowest BCUT2D eigenvalue weighted by Gasteiger charge is -2.21. The van der Waals surface area contributed by atoms with E-state index < -0.39 is 5.60 Å². The standard InChI is InChI=1S/C22H21N7O3/c1-28-11-8-22(31,20(28)30)15-5-3-4-14(12-15)19-24-17(13-32-19)16-6-9-23-21(25-16)26-18-7-10-29(2)27-18/h3-7,9-10,12-13,31H,8,11H2,1-2H3,(H,23,25,26,27). The molecule has 1 aliphatic rings. The third kappa shape index (κ3) is 3.50. The molecule has 4 aromatic rings. The molecule has 1 aliphatic heterocycles. The second-order valence-corrected chi connectivity index (χ2v) is 7.72. The normalized spacial score (nSPS) is 18.3. The van der Waals surface area contributed by atoms with E-state index in [1.165, 1.54) is 11.2 Å². The fraction of sp³-hybridized carbons (Fsp3) is 0.227. The van der Waals surface area contributed by atoms with Crippen LogP contribution in [-0.2, 0) is 17.4 Å². The Hall–Kier alpha value is -4.05. The maximum atomic E-state index is 12.4. The molecule has 1 saturated heterocycles. The molecule has 1 amide bonds. The largest absolute Gasteiger partial charge is 0.444 e. The molecule has 1 atom stereocenters. The van der Waals surface area contributed by atoms with Crippen LogP contribution in [0.25, 0.3) is 22.8 Å². The van der Waals surface area contributed by atoms with Crippen molar-refractivity contribution in [3.63, 3.8) is 0 Å². The van der Waals surface area contributed by atoms with E-state index in [-0.39, 0.29) is 5.91 Å². The predicted octanol–water partition coefficient (Wildman–Crippen LogP) is 2.33.